The van der Waals surface area contributed by atoms with E-state index in [9.17, 15) is 4.79 Å². The molecule has 3 aromatic heterocycles. The number of fused-ring (bicyclic) bond motifs is 1. The van der Waals surface area contributed by atoms with Crippen LogP contribution in [0.5, 0.6) is 0 Å². The first-order chi connectivity index (χ1) is 8.75. The largest absolute Gasteiger partial charge is 0.478 e. The van der Waals surface area contributed by atoms with E-state index in [1.165, 1.54) is 11.3 Å². The van der Waals surface area contributed by atoms with Gasteiger partial charge in [-0.2, -0.15) is 0 Å². The number of carbonyl (C=O) groups is 1. The summed E-state index contributed by atoms with van der Waals surface area (Å²) in [6, 6.07) is 1.88. The van der Waals surface area contributed by atoms with Crippen LogP contribution in [0.2, 0.25) is 0 Å². The van der Waals surface area contributed by atoms with Gasteiger partial charge >= 0.3 is 5.97 Å². The highest BCUT2D eigenvalue weighted by Crippen LogP contribution is 2.27. The molecule has 0 spiro atoms. The van der Waals surface area contributed by atoms with E-state index >= 15 is 0 Å². The number of aromatic carboxylic acids is 1. The SMILES string of the molecule is O=C(O)c1csc2cc(-c3cnccn3)cnc12. The molecule has 88 valence electrons. The molecule has 0 saturated heterocycles. The number of carboxylic acid groups (broad SMARTS) is 1. The van der Waals surface area contributed by atoms with Crippen molar-refractivity contribution in [3.05, 3.63) is 41.8 Å². The summed E-state index contributed by atoms with van der Waals surface area (Å²) in [6.07, 6.45) is 6.47. The van der Waals surface area contributed by atoms with Gasteiger partial charge in [-0.1, -0.05) is 0 Å². The molecule has 0 aliphatic carbocycles. The van der Waals surface area contributed by atoms with E-state index in [0.29, 0.717) is 5.52 Å². The minimum atomic E-state index is -0.957. The molecule has 0 amide bonds. The minimum absolute atomic E-state index is 0.237. The van der Waals surface area contributed by atoms with Crippen molar-refractivity contribution in [1.82, 2.24) is 15.0 Å². The quantitative estimate of drug-likeness (QED) is 0.763. The van der Waals surface area contributed by atoms with Crippen LogP contribution in [0.3, 0.4) is 0 Å². The van der Waals surface area contributed by atoms with Crippen LogP contribution < -0.4 is 0 Å². The van der Waals surface area contributed by atoms with Gasteiger partial charge in [0, 0.05) is 29.5 Å². The lowest BCUT2D eigenvalue weighted by Crippen LogP contribution is -1.95. The van der Waals surface area contributed by atoms with Crippen molar-refractivity contribution in [1.29, 1.82) is 0 Å². The van der Waals surface area contributed by atoms with Gasteiger partial charge in [0.25, 0.3) is 0 Å². The van der Waals surface area contributed by atoms with Crippen LogP contribution in [0.25, 0.3) is 21.5 Å². The molecule has 0 unspecified atom stereocenters. The van der Waals surface area contributed by atoms with Crippen LogP contribution in [-0.4, -0.2) is 26.0 Å². The van der Waals surface area contributed by atoms with Gasteiger partial charge < -0.3 is 5.11 Å². The van der Waals surface area contributed by atoms with E-state index in [-0.39, 0.29) is 5.56 Å². The summed E-state index contributed by atoms with van der Waals surface area (Å²) in [6.45, 7) is 0. The van der Waals surface area contributed by atoms with Gasteiger partial charge in [-0.05, 0) is 6.07 Å². The van der Waals surface area contributed by atoms with Crippen molar-refractivity contribution < 1.29 is 9.90 Å². The Bertz CT molecular complexity index is 725. The predicted molar refractivity (Wildman–Crippen MR) is 67.6 cm³/mol. The molecule has 1 N–H and O–H groups in total. The van der Waals surface area contributed by atoms with Crippen molar-refractivity contribution in [2.75, 3.05) is 0 Å². The molecule has 18 heavy (non-hydrogen) atoms. The van der Waals surface area contributed by atoms with Gasteiger partial charge in [-0.3, -0.25) is 15.0 Å². The fraction of sp³-hybridized carbons (Fsp3) is 0. The second-order valence-corrected chi connectivity index (χ2v) is 4.53. The number of thiophene rings is 1. The minimum Gasteiger partial charge on any atom is -0.478 e. The number of pyridine rings is 1. The molecule has 3 rings (SSSR count). The lowest BCUT2D eigenvalue weighted by atomic mass is 10.2. The number of hydrogen-bond acceptors (Lipinski definition) is 5. The fourth-order valence-corrected chi connectivity index (χ4v) is 2.58. The van der Waals surface area contributed by atoms with Crippen LogP contribution >= 0.6 is 11.3 Å². The van der Waals surface area contributed by atoms with Gasteiger partial charge in [-0.25, -0.2) is 4.79 Å². The first-order valence-corrected chi connectivity index (χ1v) is 6.00. The first-order valence-electron chi connectivity index (χ1n) is 5.12. The molecular formula is C12H7N3O2S. The Kier molecular flexibility index (Phi) is 2.49. The summed E-state index contributed by atoms with van der Waals surface area (Å²) in [5.74, 6) is -0.957. The van der Waals surface area contributed by atoms with Crippen molar-refractivity contribution in [2.24, 2.45) is 0 Å². The number of carboxylic acids is 1. The van der Waals surface area contributed by atoms with E-state index in [2.05, 4.69) is 15.0 Å². The highest BCUT2D eigenvalue weighted by atomic mass is 32.1. The Morgan fingerprint density at radius 1 is 1.22 bits per heavy atom. The molecule has 0 aliphatic rings. The summed E-state index contributed by atoms with van der Waals surface area (Å²) in [7, 11) is 0. The van der Waals surface area contributed by atoms with E-state index in [1.807, 2.05) is 6.07 Å². The number of aromatic nitrogens is 3. The zero-order valence-electron chi connectivity index (χ0n) is 9.07. The molecule has 3 aromatic rings. The van der Waals surface area contributed by atoms with Crippen LogP contribution in [-0.2, 0) is 0 Å². The van der Waals surface area contributed by atoms with Crippen molar-refractivity contribution >= 4 is 27.5 Å². The predicted octanol–water partition coefficient (Wildman–Crippen LogP) is 2.45. The first kappa shape index (κ1) is 10.8. The average molecular weight is 257 g/mol. The van der Waals surface area contributed by atoms with Gasteiger partial charge in [-0.15, -0.1) is 11.3 Å². The van der Waals surface area contributed by atoms with Crippen molar-refractivity contribution in [3.8, 4) is 11.3 Å². The Morgan fingerprint density at radius 2 is 2.11 bits per heavy atom. The summed E-state index contributed by atoms with van der Waals surface area (Å²) < 4.78 is 0.829. The number of nitrogens with zero attached hydrogens (tertiary/aromatic N) is 3. The van der Waals surface area contributed by atoms with E-state index < -0.39 is 5.97 Å². The van der Waals surface area contributed by atoms with Crippen LogP contribution in [0.1, 0.15) is 10.4 Å². The van der Waals surface area contributed by atoms with E-state index in [1.54, 1.807) is 30.2 Å². The summed E-state index contributed by atoms with van der Waals surface area (Å²) in [5.41, 5.74) is 2.30. The third kappa shape index (κ3) is 1.72. The molecule has 0 saturated carbocycles. The van der Waals surface area contributed by atoms with Crippen molar-refractivity contribution in [2.45, 2.75) is 0 Å². The smallest absolute Gasteiger partial charge is 0.338 e. The fourth-order valence-electron chi connectivity index (χ4n) is 1.65. The maximum atomic E-state index is 11.0. The van der Waals surface area contributed by atoms with Gasteiger partial charge in [0.2, 0.25) is 0 Å². The molecule has 0 bridgehead atoms. The van der Waals surface area contributed by atoms with Gasteiger partial charge in [0.15, 0.2) is 0 Å². The molecule has 0 fully saturated rings. The van der Waals surface area contributed by atoms with E-state index in [4.69, 9.17) is 5.11 Å². The summed E-state index contributed by atoms with van der Waals surface area (Å²) >= 11 is 1.36. The average Bonchev–Trinajstić information content (AvgIpc) is 2.82. The topological polar surface area (TPSA) is 76.0 Å². The van der Waals surface area contributed by atoms with Gasteiger partial charge in [0.1, 0.15) is 0 Å². The number of hydrogen-bond donors (Lipinski definition) is 1. The lowest BCUT2D eigenvalue weighted by molar-refractivity contribution is 0.0699. The third-order valence-corrected chi connectivity index (χ3v) is 3.42. The molecule has 0 atom stereocenters. The van der Waals surface area contributed by atoms with Crippen LogP contribution in [0.4, 0.5) is 0 Å². The molecular weight excluding hydrogens is 250 g/mol. The van der Waals surface area contributed by atoms with Crippen LogP contribution in [0.15, 0.2) is 36.2 Å². The Hall–Kier alpha value is -2.34. The summed E-state index contributed by atoms with van der Waals surface area (Å²) in [5, 5.41) is 10.6. The maximum Gasteiger partial charge on any atom is 0.338 e. The van der Waals surface area contributed by atoms with Crippen molar-refractivity contribution in [3.63, 3.8) is 0 Å². The molecule has 5 nitrogen and oxygen atoms in total. The Balaban J connectivity index is 2.16. The standard InChI is InChI=1S/C12H7N3O2S/c16-12(17)8-6-18-10-3-7(4-15-11(8)10)9-5-13-1-2-14-9/h1-6H,(H,16,17). The van der Waals surface area contributed by atoms with Gasteiger partial charge in [0.05, 0.1) is 27.7 Å². The third-order valence-electron chi connectivity index (χ3n) is 2.50. The lowest BCUT2D eigenvalue weighted by Gasteiger charge is -1.99. The molecule has 0 aromatic carbocycles. The highest BCUT2D eigenvalue weighted by Gasteiger charge is 2.12. The normalized spacial score (nSPS) is 10.7. The zero-order valence-corrected chi connectivity index (χ0v) is 9.89. The van der Waals surface area contributed by atoms with E-state index in [0.717, 1.165) is 16.0 Å². The second kappa shape index (κ2) is 4.15. The molecule has 0 aliphatic heterocycles. The second-order valence-electron chi connectivity index (χ2n) is 3.62. The zero-order chi connectivity index (χ0) is 12.5. The summed E-state index contributed by atoms with van der Waals surface area (Å²) in [4.78, 5) is 23.4. The van der Waals surface area contributed by atoms with Crippen LogP contribution in [0, 0.1) is 0 Å². The highest BCUT2D eigenvalue weighted by molar-refractivity contribution is 7.17. The Morgan fingerprint density at radius 3 is 2.83 bits per heavy atom. The molecule has 0 radical (unpaired) electrons. The maximum absolute atomic E-state index is 11.0. The molecule has 6 heteroatoms. The monoisotopic (exact) mass is 257 g/mol. The Labute approximate surface area is 106 Å². The molecule has 3 heterocycles. The number of rotatable bonds is 2.